The van der Waals surface area contributed by atoms with Gasteiger partial charge in [0.1, 0.15) is 10.7 Å². The molecule has 1 aromatic carbocycles. The van der Waals surface area contributed by atoms with E-state index in [1.165, 1.54) is 42.4 Å². The molecule has 1 aliphatic rings. The van der Waals surface area contributed by atoms with Crippen molar-refractivity contribution in [3.63, 3.8) is 0 Å². The fraction of sp³-hybridized carbons (Fsp3) is 0.304. The van der Waals surface area contributed by atoms with Gasteiger partial charge >= 0.3 is 0 Å². The third-order valence-electron chi connectivity index (χ3n) is 5.58. The molecule has 0 bridgehead atoms. The highest BCUT2D eigenvalue weighted by atomic mass is 35.5. The molecular weight excluding hydrogens is 513 g/mol. The highest BCUT2D eigenvalue weighted by Gasteiger charge is 2.22. The fourth-order valence-corrected chi connectivity index (χ4v) is 6.15. The summed E-state index contributed by atoms with van der Waals surface area (Å²) in [5, 5.41) is 16.1. The Morgan fingerprint density at radius 3 is 2.82 bits per heavy atom. The number of carbonyl (C=O) groups is 1. The Balaban J connectivity index is 1.35. The van der Waals surface area contributed by atoms with Crippen molar-refractivity contribution in [2.75, 3.05) is 0 Å². The van der Waals surface area contributed by atoms with Crippen LogP contribution in [-0.4, -0.2) is 31.7 Å². The normalized spacial score (nSPS) is 14.4. The van der Waals surface area contributed by atoms with Gasteiger partial charge in [0.05, 0.1) is 22.7 Å². The maximum Gasteiger partial charge on any atom is 0.270 e. The summed E-state index contributed by atoms with van der Waals surface area (Å²) in [5.74, 6) is 1.53. The van der Waals surface area contributed by atoms with Crippen molar-refractivity contribution in [1.29, 1.82) is 0 Å². The SMILES string of the molecule is O=C(NC1CCCCC1)c1csc(CSc2nnc(-c3ccco3)n2-c2ccc(Cl)cc2Cl)n1. The topological polar surface area (TPSA) is 85.8 Å². The van der Waals surface area contributed by atoms with Crippen LogP contribution >= 0.6 is 46.3 Å². The van der Waals surface area contributed by atoms with Crippen LogP contribution in [0.3, 0.4) is 0 Å². The van der Waals surface area contributed by atoms with Crippen molar-refractivity contribution >= 4 is 52.2 Å². The van der Waals surface area contributed by atoms with E-state index in [0.29, 0.717) is 43.9 Å². The largest absolute Gasteiger partial charge is 0.461 e. The average molecular weight is 534 g/mol. The summed E-state index contributed by atoms with van der Waals surface area (Å²) in [6.45, 7) is 0. The van der Waals surface area contributed by atoms with E-state index in [0.717, 1.165) is 17.8 Å². The molecule has 1 amide bonds. The van der Waals surface area contributed by atoms with Gasteiger partial charge in [-0.3, -0.25) is 9.36 Å². The zero-order chi connectivity index (χ0) is 23.5. The summed E-state index contributed by atoms with van der Waals surface area (Å²) in [6.07, 6.45) is 7.25. The van der Waals surface area contributed by atoms with Crippen LogP contribution < -0.4 is 5.32 Å². The fourth-order valence-electron chi connectivity index (χ4n) is 3.92. The van der Waals surface area contributed by atoms with Gasteiger partial charge in [-0.05, 0) is 43.2 Å². The van der Waals surface area contributed by atoms with E-state index in [-0.39, 0.29) is 11.9 Å². The number of amides is 1. The molecule has 34 heavy (non-hydrogen) atoms. The van der Waals surface area contributed by atoms with Crippen LogP contribution in [-0.2, 0) is 5.75 Å². The molecule has 5 rings (SSSR count). The van der Waals surface area contributed by atoms with Crippen LogP contribution in [0.4, 0.5) is 0 Å². The van der Waals surface area contributed by atoms with Gasteiger partial charge in [-0.2, -0.15) is 0 Å². The summed E-state index contributed by atoms with van der Waals surface area (Å²) in [5.41, 5.74) is 1.15. The molecule has 4 aromatic rings. The van der Waals surface area contributed by atoms with Gasteiger partial charge in [-0.25, -0.2) is 4.98 Å². The van der Waals surface area contributed by atoms with E-state index in [4.69, 9.17) is 27.6 Å². The number of benzene rings is 1. The minimum Gasteiger partial charge on any atom is -0.461 e. The van der Waals surface area contributed by atoms with Gasteiger partial charge in [0.15, 0.2) is 10.9 Å². The Bertz CT molecular complexity index is 1280. The van der Waals surface area contributed by atoms with E-state index in [1.807, 2.05) is 22.1 Å². The number of nitrogens with one attached hydrogen (secondary N) is 1. The van der Waals surface area contributed by atoms with Crippen LogP contribution in [0.25, 0.3) is 17.3 Å². The first-order chi connectivity index (χ1) is 16.6. The molecule has 0 radical (unpaired) electrons. The molecular formula is C23H21Cl2N5O2S2. The molecule has 0 spiro atoms. The summed E-state index contributed by atoms with van der Waals surface area (Å²) in [6, 6.07) is 9.12. The standard InChI is InChI=1S/C23H21Cl2N5O2S2/c24-14-8-9-18(16(25)11-14)30-21(19-7-4-10-32-19)28-29-23(30)34-13-20-27-17(12-33-20)22(31)26-15-5-2-1-3-6-15/h4,7-12,15H,1-3,5-6,13H2,(H,26,31). The molecule has 0 aliphatic heterocycles. The van der Waals surface area contributed by atoms with Crippen LogP contribution in [0.5, 0.6) is 0 Å². The molecule has 11 heteroatoms. The van der Waals surface area contributed by atoms with Gasteiger partial charge < -0.3 is 9.73 Å². The second kappa shape index (κ2) is 10.5. The molecule has 7 nitrogen and oxygen atoms in total. The number of aromatic nitrogens is 4. The molecule has 3 heterocycles. The summed E-state index contributed by atoms with van der Waals surface area (Å²) in [4.78, 5) is 17.1. The Labute approximate surface area is 214 Å². The predicted molar refractivity (Wildman–Crippen MR) is 135 cm³/mol. The molecule has 0 atom stereocenters. The number of furan rings is 1. The number of hydrogen-bond donors (Lipinski definition) is 1. The van der Waals surface area contributed by atoms with E-state index in [2.05, 4.69) is 20.5 Å². The molecule has 0 unspecified atom stereocenters. The molecule has 176 valence electrons. The minimum atomic E-state index is -0.101. The van der Waals surface area contributed by atoms with Gasteiger partial charge in [0.2, 0.25) is 5.82 Å². The lowest BCUT2D eigenvalue weighted by atomic mass is 9.95. The van der Waals surface area contributed by atoms with Gasteiger partial charge in [-0.15, -0.1) is 21.5 Å². The van der Waals surface area contributed by atoms with Crippen molar-refractivity contribution in [3.05, 3.63) is 62.7 Å². The number of rotatable bonds is 7. The van der Waals surface area contributed by atoms with E-state index < -0.39 is 0 Å². The second-order valence-electron chi connectivity index (χ2n) is 7.94. The maximum absolute atomic E-state index is 12.6. The van der Waals surface area contributed by atoms with Crippen molar-refractivity contribution < 1.29 is 9.21 Å². The Kier molecular flexibility index (Phi) is 7.24. The minimum absolute atomic E-state index is 0.101. The highest BCUT2D eigenvalue weighted by Crippen LogP contribution is 2.34. The first-order valence-corrected chi connectivity index (χ1v) is 13.5. The molecule has 0 saturated heterocycles. The molecule has 1 aliphatic carbocycles. The van der Waals surface area contributed by atoms with E-state index in [9.17, 15) is 4.79 Å². The number of thiazole rings is 1. The van der Waals surface area contributed by atoms with Gasteiger partial charge in [-0.1, -0.05) is 54.2 Å². The smallest absolute Gasteiger partial charge is 0.270 e. The molecule has 1 saturated carbocycles. The second-order valence-corrected chi connectivity index (χ2v) is 10.7. The van der Waals surface area contributed by atoms with Crippen LogP contribution in [0.2, 0.25) is 10.0 Å². The number of carbonyl (C=O) groups excluding carboxylic acids is 1. The third-order valence-corrected chi connectivity index (χ3v) is 8.08. The van der Waals surface area contributed by atoms with Crippen molar-refractivity contribution in [2.45, 2.75) is 49.1 Å². The zero-order valence-corrected chi connectivity index (χ0v) is 21.2. The number of thioether (sulfide) groups is 1. The summed E-state index contributed by atoms with van der Waals surface area (Å²) in [7, 11) is 0. The quantitative estimate of drug-likeness (QED) is 0.268. The Morgan fingerprint density at radius 1 is 1.21 bits per heavy atom. The van der Waals surface area contributed by atoms with Crippen LogP contribution in [0.1, 0.15) is 47.6 Å². The van der Waals surface area contributed by atoms with Crippen molar-refractivity contribution in [3.8, 4) is 17.3 Å². The predicted octanol–water partition coefficient (Wildman–Crippen LogP) is 6.65. The third kappa shape index (κ3) is 5.17. The molecule has 1 N–H and O–H groups in total. The monoisotopic (exact) mass is 533 g/mol. The average Bonchev–Trinajstić information content (AvgIpc) is 3.59. The zero-order valence-electron chi connectivity index (χ0n) is 18.0. The summed E-state index contributed by atoms with van der Waals surface area (Å²) >= 11 is 15.5. The lowest BCUT2D eigenvalue weighted by molar-refractivity contribution is 0.0923. The lowest BCUT2D eigenvalue weighted by Gasteiger charge is -2.22. The first kappa shape index (κ1) is 23.4. The first-order valence-electron chi connectivity index (χ1n) is 10.9. The highest BCUT2D eigenvalue weighted by molar-refractivity contribution is 7.98. The number of nitrogens with zero attached hydrogens (tertiary/aromatic N) is 4. The van der Waals surface area contributed by atoms with Crippen LogP contribution in [0, 0.1) is 0 Å². The van der Waals surface area contributed by atoms with Crippen molar-refractivity contribution in [1.82, 2.24) is 25.1 Å². The Morgan fingerprint density at radius 2 is 2.06 bits per heavy atom. The van der Waals surface area contributed by atoms with Crippen LogP contribution in [0.15, 0.2) is 51.5 Å². The Hall–Kier alpha value is -2.33. The lowest BCUT2D eigenvalue weighted by Crippen LogP contribution is -2.36. The molecule has 3 aromatic heterocycles. The van der Waals surface area contributed by atoms with E-state index in [1.54, 1.807) is 24.5 Å². The number of halogens is 2. The van der Waals surface area contributed by atoms with E-state index >= 15 is 0 Å². The summed E-state index contributed by atoms with van der Waals surface area (Å²) < 4.78 is 7.40. The van der Waals surface area contributed by atoms with Gasteiger partial charge in [0, 0.05) is 16.4 Å². The van der Waals surface area contributed by atoms with Crippen molar-refractivity contribution in [2.24, 2.45) is 0 Å². The molecule has 1 fully saturated rings. The van der Waals surface area contributed by atoms with Gasteiger partial charge in [0.25, 0.3) is 5.91 Å². The number of hydrogen-bond acceptors (Lipinski definition) is 7. The maximum atomic E-state index is 12.6.